The van der Waals surface area contributed by atoms with E-state index in [1.807, 2.05) is 24.3 Å². The molecule has 0 atom stereocenters. The van der Waals surface area contributed by atoms with Crippen molar-refractivity contribution in [3.8, 4) is 11.1 Å². The Balaban J connectivity index is 1.23. The van der Waals surface area contributed by atoms with Crippen molar-refractivity contribution in [2.45, 2.75) is 31.6 Å². The highest BCUT2D eigenvalue weighted by Crippen LogP contribution is 2.44. The van der Waals surface area contributed by atoms with Crippen molar-refractivity contribution in [2.24, 2.45) is 5.92 Å². The van der Waals surface area contributed by atoms with Crippen LogP contribution in [0.3, 0.4) is 0 Å². The molecule has 2 aromatic rings. The van der Waals surface area contributed by atoms with E-state index in [2.05, 4.69) is 29.6 Å². The molecule has 1 saturated heterocycles. The molecule has 2 amide bonds. The Morgan fingerprint density at radius 3 is 2.16 bits per heavy atom. The quantitative estimate of drug-likeness (QED) is 0.691. The summed E-state index contributed by atoms with van der Waals surface area (Å²) < 4.78 is 5.47. The van der Waals surface area contributed by atoms with Crippen LogP contribution in [0, 0.1) is 5.92 Å². The van der Waals surface area contributed by atoms with Crippen molar-refractivity contribution in [3.63, 3.8) is 0 Å². The molecule has 0 bridgehead atoms. The Bertz CT molecular complexity index is 952. The van der Waals surface area contributed by atoms with E-state index in [0.29, 0.717) is 25.4 Å². The molecule has 2 N–H and O–H groups in total. The number of carbonyl (C=O) groups is 3. The van der Waals surface area contributed by atoms with Crippen LogP contribution in [0.25, 0.3) is 11.1 Å². The third-order valence-corrected chi connectivity index (χ3v) is 6.46. The number of carbonyl (C=O) groups excluding carboxylic acids is 2. The minimum Gasteiger partial charge on any atom is -0.481 e. The standard InChI is InChI=1S/C25H28N2O5/c28-23(27-13-11-17(12-14-27)9-10-24(29)30)15-26-25(31)32-16-22-20-7-3-1-5-18(20)19-6-2-4-8-21(19)22/h1-8,17,22H,9-16H2,(H,26,31)(H,29,30). The molecule has 7 nitrogen and oxygen atoms in total. The van der Waals surface area contributed by atoms with Crippen LogP contribution in [0.4, 0.5) is 4.79 Å². The average Bonchev–Trinajstić information content (AvgIpc) is 3.14. The Hall–Kier alpha value is -3.35. The van der Waals surface area contributed by atoms with Gasteiger partial charge in [0.05, 0.1) is 0 Å². The lowest BCUT2D eigenvalue weighted by molar-refractivity contribution is -0.138. The largest absolute Gasteiger partial charge is 0.481 e. The van der Waals surface area contributed by atoms with Gasteiger partial charge in [-0.3, -0.25) is 9.59 Å². The van der Waals surface area contributed by atoms with Gasteiger partial charge in [0.25, 0.3) is 0 Å². The lowest BCUT2D eigenvalue weighted by Crippen LogP contribution is -2.44. The van der Waals surface area contributed by atoms with Gasteiger partial charge < -0.3 is 20.1 Å². The van der Waals surface area contributed by atoms with Crippen LogP contribution >= 0.6 is 0 Å². The SMILES string of the molecule is O=C(O)CCC1CCN(C(=O)CNC(=O)OCC2c3ccccc3-c3ccccc32)CC1. The number of piperidine rings is 1. The van der Waals surface area contributed by atoms with Crippen LogP contribution < -0.4 is 5.32 Å². The van der Waals surface area contributed by atoms with Crippen molar-refractivity contribution in [2.75, 3.05) is 26.2 Å². The monoisotopic (exact) mass is 436 g/mol. The molecular weight excluding hydrogens is 408 g/mol. The Kier molecular flexibility index (Phi) is 6.73. The Morgan fingerprint density at radius 2 is 1.56 bits per heavy atom. The molecule has 1 heterocycles. The van der Waals surface area contributed by atoms with Gasteiger partial charge in [-0.2, -0.15) is 0 Å². The number of fused-ring (bicyclic) bond motifs is 3. The minimum atomic E-state index is -0.782. The number of likely N-dealkylation sites (tertiary alicyclic amines) is 1. The van der Waals surface area contributed by atoms with Crippen molar-refractivity contribution in [1.29, 1.82) is 0 Å². The van der Waals surface area contributed by atoms with Gasteiger partial charge in [0.2, 0.25) is 5.91 Å². The second-order valence-corrected chi connectivity index (χ2v) is 8.44. The summed E-state index contributed by atoms with van der Waals surface area (Å²) in [4.78, 5) is 37.1. The van der Waals surface area contributed by atoms with E-state index in [1.165, 1.54) is 11.1 Å². The van der Waals surface area contributed by atoms with E-state index >= 15 is 0 Å². The lowest BCUT2D eigenvalue weighted by atomic mass is 9.92. The van der Waals surface area contributed by atoms with Gasteiger partial charge >= 0.3 is 12.1 Å². The summed E-state index contributed by atoms with van der Waals surface area (Å²) in [5.74, 6) is -0.607. The number of nitrogens with one attached hydrogen (secondary N) is 1. The van der Waals surface area contributed by atoms with E-state index in [1.54, 1.807) is 4.90 Å². The van der Waals surface area contributed by atoms with Crippen molar-refractivity contribution in [1.82, 2.24) is 10.2 Å². The van der Waals surface area contributed by atoms with Gasteiger partial charge in [0.15, 0.2) is 0 Å². The van der Waals surface area contributed by atoms with E-state index in [9.17, 15) is 14.4 Å². The van der Waals surface area contributed by atoms with E-state index in [-0.39, 0.29) is 31.4 Å². The summed E-state index contributed by atoms with van der Waals surface area (Å²) in [6.07, 6.45) is 1.81. The number of hydrogen-bond donors (Lipinski definition) is 2. The molecule has 0 unspecified atom stereocenters. The number of benzene rings is 2. The van der Waals surface area contributed by atoms with Gasteiger partial charge in [-0.25, -0.2) is 4.79 Å². The third-order valence-electron chi connectivity index (χ3n) is 6.46. The van der Waals surface area contributed by atoms with Gasteiger partial charge in [0, 0.05) is 25.4 Å². The Morgan fingerprint density at radius 1 is 0.969 bits per heavy atom. The molecule has 2 aliphatic rings. The number of carboxylic acids is 1. The molecule has 1 aliphatic carbocycles. The molecule has 168 valence electrons. The fourth-order valence-electron chi connectivity index (χ4n) is 4.71. The highest BCUT2D eigenvalue weighted by molar-refractivity contribution is 5.82. The van der Waals surface area contributed by atoms with Gasteiger partial charge in [0.1, 0.15) is 13.2 Å². The van der Waals surface area contributed by atoms with Crippen LogP contribution in [-0.4, -0.2) is 54.2 Å². The van der Waals surface area contributed by atoms with Crippen LogP contribution in [0.1, 0.15) is 42.7 Å². The molecule has 2 aromatic carbocycles. The number of amides is 2. The minimum absolute atomic E-state index is 0.0197. The third kappa shape index (κ3) is 4.93. The molecule has 32 heavy (non-hydrogen) atoms. The normalized spacial score (nSPS) is 15.7. The molecule has 0 saturated carbocycles. The highest BCUT2D eigenvalue weighted by atomic mass is 16.5. The van der Waals surface area contributed by atoms with Crippen LogP contribution in [-0.2, 0) is 14.3 Å². The maximum Gasteiger partial charge on any atom is 0.407 e. The first-order valence-corrected chi connectivity index (χ1v) is 11.1. The van der Waals surface area contributed by atoms with Crippen molar-refractivity contribution < 1.29 is 24.2 Å². The average molecular weight is 437 g/mol. The first-order chi connectivity index (χ1) is 15.5. The molecule has 1 fully saturated rings. The molecule has 0 radical (unpaired) electrons. The van der Waals surface area contributed by atoms with E-state index in [4.69, 9.17) is 9.84 Å². The fourth-order valence-corrected chi connectivity index (χ4v) is 4.71. The fraction of sp³-hybridized carbons (Fsp3) is 0.400. The summed E-state index contributed by atoms with van der Waals surface area (Å²) in [6, 6.07) is 16.3. The molecule has 0 spiro atoms. The zero-order chi connectivity index (χ0) is 22.5. The summed E-state index contributed by atoms with van der Waals surface area (Å²) in [5, 5.41) is 11.4. The Labute approximate surface area is 187 Å². The van der Waals surface area contributed by atoms with E-state index in [0.717, 1.165) is 24.0 Å². The molecular formula is C25H28N2O5. The number of alkyl carbamates (subject to hydrolysis) is 1. The summed E-state index contributed by atoms with van der Waals surface area (Å²) in [6.45, 7) is 1.30. The predicted molar refractivity (Wildman–Crippen MR) is 119 cm³/mol. The van der Waals surface area contributed by atoms with Crippen LogP contribution in [0.15, 0.2) is 48.5 Å². The first kappa shape index (κ1) is 21.9. The molecule has 4 rings (SSSR count). The smallest absolute Gasteiger partial charge is 0.407 e. The number of hydrogen-bond acceptors (Lipinski definition) is 4. The van der Waals surface area contributed by atoms with Crippen molar-refractivity contribution >= 4 is 18.0 Å². The zero-order valence-electron chi connectivity index (χ0n) is 18.0. The molecule has 7 heteroatoms. The number of ether oxygens (including phenoxy) is 1. The number of aliphatic carboxylic acids is 1. The van der Waals surface area contributed by atoms with Crippen LogP contribution in [0.2, 0.25) is 0 Å². The second-order valence-electron chi connectivity index (χ2n) is 8.44. The number of rotatable bonds is 7. The highest BCUT2D eigenvalue weighted by Gasteiger charge is 2.29. The summed E-state index contributed by atoms with van der Waals surface area (Å²) in [5.41, 5.74) is 4.62. The maximum absolute atomic E-state index is 12.4. The predicted octanol–water partition coefficient (Wildman–Crippen LogP) is 3.63. The number of carboxylic acid groups (broad SMARTS) is 1. The molecule has 0 aromatic heterocycles. The maximum atomic E-state index is 12.4. The second kappa shape index (κ2) is 9.85. The summed E-state index contributed by atoms with van der Waals surface area (Å²) >= 11 is 0. The summed E-state index contributed by atoms with van der Waals surface area (Å²) in [7, 11) is 0. The zero-order valence-corrected chi connectivity index (χ0v) is 18.0. The molecule has 1 aliphatic heterocycles. The van der Waals surface area contributed by atoms with Gasteiger partial charge in [-0.1, -0.05) is 48.5 Å². The first-order valence-electron chi connectivity index (χ1n) is 11.1. The van der Waals surface area contributed by atoms with Crippen molar-refractivity contribution in [3.05, 3.63) is 59.7 Å². The van der Waals surface area contributed by atoms with Gasteiger partial charge in [-0.05, 0) is 47.4 Å². The van der Waals surface area contributed by atoms with Crippen LogP contribution in [0.5, 0.6) is 0 Å². The number of nitrogens with zero attached hydrogens (tertiary/aromatic N) is 1. The lowest BCUT2D eigenvalue weighted by Gasteiger charge is -2.31. The van der Waals surface area contributed by atoms with Gasteiger partial charge in [-0.15, -0.1) is 0 Å². The topological polar surface area (TPSA) is 95.9 Å². The van der Waals surface area contributed by atoms with E-state index < -0.39 is 12.1 Å².